The van der Waals surface area contributed by atoms with Gasteiger partial charge in [-0.1, -0.05) is 24.3 Å². The number of hydrogen-bond donors (Lipinski definition) is 2. The van der Waals surface area contributed by atoms with Gasteiger partial charge in [-0.15, -0.1) is 0 Å². The second-order valence-corrected chi connectivity index (χ2v) is 11.2. The Morgan fingerprint density at radius 3 is 1.92 bits per heavy atom. The van der Waals surface area contributed by atoms with Gasteiger partial charge in [0, 0.05) is 12.2 Å². The first-order chi connectivity index (χ1) is 17.6. The highest BCUT2D eigenvalue weighted by atomic mass is 32.2. The van der Waals surface area contributed by atoms with E-state index in [0.29, 0.717) is 29.2 Å². The van der Waals surface area contributed by atoms with Crippen molar-refractivity contribution in [2.75, 3.05) is 37.2 Å². The van der Waals surface area contributed by atoms with E-state index in [1.165, 1.54) is 24.3 Å². The number of anilines is 1. The average Bonchev–Trinajstić information content (AvgIpc) is 2.87. The summed E-state index contributed by atoms with van der Waals surface area (Å²) in [6, 6.07) is 18.5. The second kappa shape index (κ2) is 11.6. The predicted octanol–water partition coefficient (Wildman–Crippen LogP) is 4.75. The van der Waals surface area contributed by atoms with Crippen molar-refractivity contribution in [1.82, 2.24) is 4.90 Å². The summed E-state index contributed by atoms with van der Waals surface area (Å²) in [5.74, 6) is -0.177. The third-order valence-electron chi connectivity index (χ3n) is 6.79. The van der Waals surface area contributed by atoms with E-state index in [4.69, 9.17) is 4.74 Å². The van der Waals surface area contributed by atoms with Crippen LogP contribution in [0.3, 0.4) is 0 Å². The molecule has 6 nitrogen and oxygen atoms in total. The van der Waals surface area contributed by atoms with Crippen LogP contribution in [0.1, 0.15) is 30.4 Å². The molecule has 0 unspecified atom stereocenters. The van der Waals surface area contributed by atoms with Crippen molar-refractivity contribution in [3.8, 4) is 5.75 Å². The van der Waals surface area contributed by atoms with Crippen LogP contribution in [0.4, 0.5) is 14.5 Å². The zero-order valence-electron chi connectivity index (χ0n) is 20.7. The summed E-state index contributed by atoms with van der Waals surface area (Å²) in [4.78, 5) is 2.33. The van der Waals surface area contributed by atoms with Crippen molar-refractivity contribution < 1.29 is 27.0 Å². The largest absolute Gasteiger partial charge is 0.494 e. The third-order valence-corrected chi connectivity index (χ3v) is 7.40. The Labute approximate surface area is 216 Å². The first kappa shape index (κ1) is 27.0. The minimum atomic E-state index is -3.31. The van der Waals surface area contributed by atoms with Crippen molar-refractivity contribution in [2.45, 2.75) is 24.9 Å². The number of nitrogens with one attached hydrogen (secondary N) is 1. The number of halogens is 2. The minimum absolute atomic E-state index is 0.102. The molecule has 0 bridgehead atoms. The second-order valence-electron chi connectivity index (χ2n) is 9.50. The molecule has 0 radical (unpaired) electrons. The van der Waals surface area contributed by atoms with Crippen molar-refractivity contribution in [1.29, 1.82) is 0 Å². The van der Waals surface area contributed by atoms with E-state index >= 15 is 0 Å². The van der Waals surface area contributed by atoms with Gasteiger partial charge in [0.2, 0.25) is 10.0 Å². The zero-order valence-corrected chi connectivity index (χ0v) is 21.6. The minimum Gasteiger partial charge on any atom is -0.494 e. The lowest BCUT2D eigenvalue weighted by Crippen LogP contribution is -2.44. The Kier molecular flexibility index (Phi) is 8.46. The lowest BCUT2D eigenvalue weighted by Gasteiger charge is -2.42. The molecule has 0 amide bonds. The average molecular weight is 531 g/mol. The van der Waals surface area contributed by atoms with E-state index < -0.39 is 15.6 Å². The Morgan fingerprint density at radius 1 is 0.919 bits per heavy atom. The quantitative estimate of drug-likeness (QED) is 0.370. The van der Waals surface area contributed by atoms with Gasteiger partial charge in [0.1, 0.15) is 23.0 Å². The van der Waals surface area contributed by atoms with Crippen LogP contribution in [0, 0.1) is 17.6 Å². The first-order valence-electron chi connectivity index (χ1n) is 12.3. The molecule has 1 aliphatic rings. The summed E-state index contributed by atoms with van der Waals surface area (Å²) in [5.41, 5.74) is 0.350. The van der Waals surface area contributed by atoms with Crippen molar-refractivity contribution in [2.24, 2.45) is 5.92 Å². The zero-order chi connectivity index (χ0) is 26.5. The lowest BCUT2D eigenvalue weighted by atomic mass is 9.72. The molecule has 0 aromatic heterocycles. The first-order valence-corrected chi connectivity index (χ1v) is 14.2. The predicted molar refractivity (Wildman–Crippen MR) is 140 cm³/mol. The Balaban J connectivity index is 1.31. The van der Waals surface area contributed by atoms with Crippen LogP contribution in [0.25, 0.3) is 0 Å². The smallest absolute Gasteiger partial charge is 0.229 e. The van der Waals surface area contributed by atoms with Crippen molar-refractivity contribution in [3.05, 3.63) is 95.6 Å². The molecule has 0 atom stereocenters. The number of ether oxygens (including phenoxy) is 1. The van der Waals surface area contributed by atoms with Gasteiger partial charge in [-0.2, -0.15) is 0 Å². The molecule has 1 fully saturated rings. The fraction of sp³-hybridized carbons (Fsp3) is 0.357. The summed E-state index contributed by atoms with van der Waals surface area (Å²) in [6.07, 6.45) is 3.39. The summed E-state index contributed by atoms with van der Waals surface area (Å²) in [6.45, 7) is 2.95. The number of hydrogen-bond acceptors (Lipinski definition) is 5. The third kappa shape index (κ3) is 7.06. The van der Waals surface area contributed by atoms with Crippen LogP contribution in [0.2, 0.25) is 0 Å². The molecule has 37 heavy (non-hydrogen) atoms. The van der Waals surface area contributed by atoms with Gasteiger partial charge in [0.05, 0.1) is 12.9 Å². The van der Waals surface area contributed by atoms with E-state index in [0.717, 1.165) is 45.2 Å². The number of piperidine rings is 1. The molecule has 2 N–H and O–H groups in total. The topological polar surface area (TPSA) is 78.9 Å². The molecule has 3 aromatic carbocycles. The highest BCUT2D eigenvalue weighted by Crippen LogP contribution is 2.42. The van der Waals surface area contributed by atoms with Crippen molar-refractivity contribution in [3.63, 3.8) is 0 Å². The van der Waals surface area contributed by atoms with Gasteiger partial charge < -0.3 is 14.7 Å². The van der Waals surface area contributed by atoms with Crippen LogP contribution in [-0.2, 0) is 15.6 Å². The summed E-state index contributed by atoms with van der Waals surface area (Å²) >= 11 is 0. The van der Waals surface area contributed by atoms with Gasteiger partial charge in [-0.25, -0.2) is 17.2 Å². The van der Waals surface area contributed by atoms with Crippen LogP contribution < -0.4 is 9.46 Å². The number of nitrogens with zero attached hydrogens (tertiary/aromatic N) is 1. The lowest BCUT2D eigenvalue weighted by molar-refractivity contribution is -0.0147. The Hall–Kier alpha value is -3.01. The van der Waals surface area contributed by atoms with E-state index in [1.807, 2.05) is 0 Å². The van der Waals surface area contributed by atoms with Gasteiger partial charge in [0.25, 0.3) is 0 Å². The Morgan fingerprint density at radius 2 is 1.43 bits per heavy atom. The highest BCUT2D eigenvalue weighted by Gasteiger charge is 2.41. The van der Waals surface area contributed by atoms with Gasteiger partial charge >= 0.3 is 0 Å². The van der Waals surface area contributed by atoms with Crippen LogP contribution in [0.15, 0.2) is 72.8 Å². The molecular weight excluding hydrogens is 498 g/mol. The molecule has 1 aliphatic heterocycles. The van der Waals surface area contributed by atoms with Gasteiger partial charge in [-0.3, -0.25) is 4.72 Å². The maximum atomic E-state index is 13.6. The molecule has 3 aromatic rings. The van der Waals surface area contributed by atoms with Crippen LogP contribution in [0.5, 0.6) is 5.75 Å². The van der Waals surface area contributed by atoms with E-state index in [1.54, 1.807) is 48.5 Å². The maximum absolute atomic E-state index is 13.6. The summed E-state index contributed by atoms with van der Waals surface area (Å²) in [5, 5.41) is 11.9. The molecule has 9 heteroatoms. The molecule has 1 heterocycles. The fourth-order valence-electron chi connectivity index (χ4n) is 4.93. The number of rotatable bonds is 10. The molecule has 0 aliphatic carbocycles. The number of sulfonamides is 1. The standard InChI is InChI=1S/C28H32F2N2O4S/c1-37(34,35)31-26-11-13-27(14-12-26)36-20-2-17-32-18-15-23(16-19-32)28(33,21-3-7-24(29)8-4-21)22-5-9-25(30)10-6-22/h3-14,23,31,33H,2,15-20H2,1H3. The molecule has 198 valence electrons. The fourth-order valence-corrected chi connectivity index (χ4v) is 5.50. The monoisotopic (exact) mass is 530 g/mol. The Bertz CT molecular complexity index is 1210. The molecule has 1 saturated heterocycles. The molecule has 0 saturated carbocycles. The highest BCUT2D eigenvalue weighted by molar-refractivity contribution is 7.92. The molecule has 4 rings (SSSR count). The van der Waals surface area contributed by atoms with E-state index in [9.17, 15) is 22.3 Å². The number of aliphatic hydroxyl groups is 1. The number of benzene rings is 3. The van der Waals surface area contributed by atoms with Crippen LogP contribution >= 0.6 is 0 Å². The van der Waals surface area contributed by atoms with E-state index in [-0.39, 0.29) is 17.6 Å². The molecule has 0 spiro atoms. The van der Waals surface area contributed by atoms with Crippen molar-refractivity contribution >= 4 is 15.7 Å². The maximum Gasteiger partial charge on any atom is 0.229 e. The normalized spacial score (nSPS) is 15.5. The van der Waals surface area contributed by atoms with Gasteiger partial charge in [-0.05, 0) is 97.9 Å². The summed E-state index contributed by atoms with van der Waals surface area (Å²) in [7, 11) is -3.31. The van der Waals surface area contributed by atoms with E-state index in [2.05, 4.69) is 9.62 Å². The SMILES string of the molecule is CS(=O)(=O)Nc1ccc(OCCCN2CCC(C(O)(c3ccc(F)cc3)c3ccc(F)cc3)CC2)cc1. The van der Waals surface area contributed by atoms with Gasteiger partial charge in [0.15, 0.2) is 0 Å². The molecular formula is C28H32F2N2O4S. The summed E-state index contributed by atoms with van der Waals surface area (Å²) < 4.78 is 58.0. The number of likely N-dealkylation sites (tertiary alicyclic amines) is 1. The van der Waals surface area contributed by atoms with Crippen LogP contribution in [-0.4, -0.2) is 50.9 Å².